The van der Waals surface area contributed by atoms with Crippen LogP contribution in [0, 0.1) is 11.8 Å². The van der Waals surface area contributed by atoms with Crippen molar-refractivity contribution >= 4 is 17.5 Å². The van der Waals surface area contributed by atoms with Gasteiger partial charge >= 0.3 is 0 Å². The first kappa shape index (κ1) is 12.2. The molecule has 1 aliphatic carbocycles. The Labute approximate surface area is 103 Å². The van der Waals surface area contributed by atoms with E-state index in [1.165, 1.54) is 25.7 Å². The summed E-state index contributed by atoms with van der Waals surface area (Å²) in [6.07, 6.45) is 8.22. The molecule has 0 aromatic carbocycles. The van der Waals surface area contributed by atoms with E-state index in [0.29, 0.717) is 17.7 Å². The third-order valence-electron chi connectivity index (χ3n) is 4.05. The number of halogens is 1. The number of amides is 1. The molecule has 2 fully saturated rings. The summed E-state index contributed by atoms with van der Waals surface area (Å²) in [6.45, 7) is 1.94. The number of rotatable bonds is 3. The topological polar surface area (TPSA) is 20.3 Å². The number of piperidine rings is 1. The number of hydrogen-bond donors (Lipinski definition) is 0. The maximum Gasteiger partial charge on any atom is 0.225 e. The summed E-state index contributed by atoms with van der Waals surface area (Å²) in [7, 11) is 0. The van der Waals surface area contributed by atoms with E-state index in [2.05, 4.69) is 4.90 Å². The standard InChI is InChI=1S/C13H22ClNO/c14-8-7-11-4-3-9-15(10-11)13(16)12-5-1-2-6-12/h11-12H,1-10H2. The van der Waals surface area contributed by atoms with E-state index < -0.39 is 0 Å². The minimum Gasteiger partial charge on any atom is -0.342 e. The largest absolute Gasteiger partial charge is 0.342 e. The molecule has 0 spiro atoms. The van der Waals surface area contributed by atoms with E-state index in [1.807, 2.05) is 0 Å². The first-order valence-electron chi connectivity index (χ1n) is 6.66. The molecule has 1 saturated carbocycles. The van der Waals surface area contributed by atoms with Crippen LogP contribution in [-0.2, 0) is 4.79 Å². The lowest BCUT2D eigenvalue weighted by Crippen LogP contribution is -2.42. The molecule has 92 valence electrons. The maximum atomic E-state index is 12.2. The Morgan fingerprint density at radius 2 is 1.94 bits per heavy atom. The van der Waals surface area contributed by atoms with Crippen molar-refractivity contribution in [3.8, 4) is 0 Å². The van der Waals surface area contributed by atoms with Crippen LogP contribution in [0.1, 0.15) is 44.9 Å². The molecule has 0 aromatic heterocycles. The molecule has 0 N–H and O–H groups in total. The lowest BCUT2D eigenvalue weighted by molar-refractivity contribution is -0.137. The molecule has 2 aliphatic rings. The van der Waals surface area contributed by atoms with Gasteiger partial charge in [0.2, 0.25) is 5.91 Å². The summed E-state index contributed by atoms with van der Waals surface area (Å²) >= 11 is 5.79. The van der Waals surface area contributed by atoms with Crippen molar-refractivity contribution < 1.29 is 4.79 Å². The molecule has 0 radical (unpaired) electrons. The highest BCUT2D eigenvalue weighted by Gasteiger charge is 2.30. The van der Waals surface area contributed by atoms with Crippen LogP contribution in [0.3, 0.4) is 0 Å². The van der Waals surface area contributed by atoms with Gasteiger partial charge in [0.05, 0.1) is 0 Å². The summed E-state index contributed by atoms with van der Waals surface area (Å²) in [5.74, 6) is 2.15. The first-order valence-corrected chi connectivity index (χ1v) is 7.19. The van der Waals surface area contributed by atoms with Crippen LogP contribution < -0.4 is 0 Å². The molecule has 1 aliphatic heterocycles. The third kappa shape index (κ3) is 2.91. The predicted octanol–water partition coefficient (Wildman–Crippen LogP) is 3.04. The van der Waals surface area contributed by atoms with Crippen molar-refractivity contribution in [2.45, 2.75) is 44.9 Å². The molecule has 1 atom stereocenters. The molecule has 0 bridgehead atoms. The molecule has 0 aromatic rings. The van der Waals surface area contributed by atoms with Gasteiger partial charge in [-0.3, -0.25) is 4.79 Å². The van der Waals surface area contributed by atoms with Crippen molar-refractivity contribution in [1.29, 1.82) is 0 Å². The van der Waals surface area contributed by atoms with Gasteiger partial charge in [-0.2, -0.15) is 0 Å². The van der Waals surface area contributed by atoms with E-state index in [-0.39, 0.29) is 0 Å². The zero-order valence-electron chi connectivity index (χ0n) is 9.96. The van der Waals surface area contributed by atoms with Crippen LogP contribution in [-0.4, -0.2) is 29.8 Å². The van der Waals surface area contributed by atoms with Gasteiger partial charge in [-0.15, -0.1) is 11.6 Å². The van der Waals surface area contributed by atoms with Crippen molar-refractivity contribution in [1.82, 2.24) is 4.90 Å². The quantitative estimate of drug-likeness (QED) is 0.698. The van der Waals surface area contributed by atoms with Crippen LogP contribution in [0.4, 0.5) is 0 Å². The highest BCUT2D eigenvalue weighted by atomic mass is 35.5. The summed E-state index contributed by atoms with van der Waals surface area (Å²) in [4.78, 5) is 14.4. The van der Waals surface area contributed by atoms with Crippen LogP contribution in [0.5, 0.6) is 0 Å². The maximum absolute atomic E-state index is 12.2. The van der Waals surface area contributed by atoms with Gasteiger partial charge < -0.3 is 4.90 Å². The van der Waals surface area contributed by atoms with E-state index >= 15 is 0 Å². The number of carbonyl (C=O) groups excluding carboxylic acids is 1. The second-order valence-electron chi connectivity index (χ2n) is 5.25. The molecule has 1 saturated heterocycles. The van der Waals surface area contributed by atoms with Gasteiger partial charge in [0.1, 0.15) is 0 Å². The Kier molecular flexibility index (Phi) is 4.51. The van der Waals surface area contributed by atoms with Crippen molar-refractivity contribution in [2.24, 2.45) is 11.8 Å². The average Bonchev–Trinajstić information content (AvgIpc) is 2.82. The van der Waals surface area contributed by atoms with Crippen LogP contribution in [0.15, 0.2) is 0 Å². The zero-order chi connectivity index (χ0) is 11.4. The molecule has 2 nitrogen and oxygen atoms in total. The molecular formula is C13H22ClNO. The second-order valence-corrected chi connectivity index (χ2v) is 5.63. The molecule has 1 heterocycles. The van der Waals surface area contributed by atoms with Gasteiger partial charge in [0.25, 0.3) is 0 Å². The van der Waals surface area contributed by atoms with Crippen molar-refractivity contribution in [3.63, 3.8) is 0 Å². The summed E-state index contributed by atoms with van der Waals surface area (Å²) in [5.41, 5.74) is 0. The summed E-state index contributed by atoms with van der Waals surface area (Å²) < 4.78 is 0. The fraction of sp³-hybridized carbons (Fsp3) is 0.923. The number of hydrogen-bond acceptors (Lipinski definition) is 1. The number of nitrogens with zero attached hydrogens (tertiary/aromatic N) is 1. The minimum absolute atomic E-state index is 0.342. The van der Waals surface area contributed by atoms with E-state index in [0.717, 1.165) is 38.2 Å². The lowest BCUT2D eigenvalue weighted by atomic mass is 9.94. The molecule has 2 rings (SSSR count). The van der Waals surface area contributed by atoms with Gasteiger partial charge in [-0.25, -0.2) is 0 Å². The average molecular weight is 244 g/mol. The van der Waals surface area contributed by atoms with Gasteiger partial charge in [-0.05, 0) is 38.0 Å². The second kappa shape index (κ2) is 5.90. The molecule has 3 heteroatoms. The molecule has 16 heavy (non-hydrogen) atoms. The Morgan fingerprint density at radius 1 is 1.19 bits per heavy atom. The minimum atomic E-state index is 0.342. The van der Waals surface area contributed by atoms with Gasteiger partial charge in [0, 0.05) is 24.9 Å². The third-order valence-corrected chi connectivity index (χ3v) is 4.27. The smallest absolute Gasteiger partial charge is 0.225 e. The lowest BCUT2D eigenvalue weighted by Gasteiger charge is -2.34. The van der Waals surface area contributed by atoms with E-state index in [9.17, 15) is 4.79 Å². The van der Waals surface area contributed by atoms with Crippen LogP contribution in [0.2, 0.25) is 0 Å². The van der Waals surface area contributed by atoms with Crippen LogP contribution >= 0.6 is 11.6 Å². The fourth-order valence-corrected chi connectivity index (χ4v) is 3.39. The highest BCUT2D eigenvalue weighted by Crippen LogP contribution is 2.29. The number of carbonyl (C=O) groups is 1. The molecular weight excluding hydrogens is 222 g/mol. The Bertz CT molecular complexity index is 236. The Morgan fingerprint density at radius 3 is 2.62 bits per heavy atom. The Balaban J connectivity index is 1.85. The summed E-state index contributed by atoms with van der Waals surface area (Å²) in [6, 6.07) is 0. The molecule has 1 unspecified atom stereocenters. The number of likely N-dealkylation sites (tertiary alicyclic amines) is 1. The first-order chi connectivity index (χ1) is 7.81. The SMILES string of the molecule is O=C(C1CCCC1)N1CCCC(CCCl)C1. The highest BCUT2D eigenvalue weighted by molar-refractivity contribution is 6.17. The summed E-state index contributed by atoms with van der Waals surface area (Å²) in [5, 5.41) is 0. The zero-order valence-corrected chi connectivity index (χ0v) is 10.7. The fourth-order valence-electron chi connectivity index (χ4n) is 3.09. The monoisotopic (exact) mass is 243 g/mol. The predicted molar refractivity (Wildman–Crippen MR) is 66.6 cm³/mol. The number of alkyl halides is 1. The van der Waals surface area contributed by atoms with Crippen molar-refractivity contribution in [2.75, 3.05) is 19.0 Å². The van der Waals surface area contributed by atoms with Crippen molar-refractivity contribution in [3.05, 3.63) is 0 Å². The van der Waals surface area contributed by atoms with E-state index in [4.69, 9.17) is 11.6 Å². The Hall–Kier alpha value is -0.240. The van der Waals surface area contributed by atoms with Gasteiger partial charge in [-0.1, -0.05) is 12.8 Å². The molecule has 1 amide bonds. The van der Waals surface area contributed by atoms with E-state index in [1.54, 1.807) is 0 Å². The normalized spacial score (nSPS) is 27.3. The van der Waals surface area contributed by atoms with Gasteiger partial charge in [0.15, 0.2) is 0 Å². The van der Waals surface area contributed by atoms with Crippen LogP contribution in [0.25, 0.3) is 0 Å².